The van der Waals surface area contributed by atoms with Crippen LogP contribution in [-0.2, 0) is 36.8 Å². The lowest BCUT2D eigenvalue weighted by Gasteiger charge is -2.30. The molecular formula is C25H32N6O7. The minimum absolute atomic E-state index is 0.0294. The van der Waals surface area contributed by atoms with E-state index >= 15 is 0 Å². The van der Waals surface area contributed by atoms with Gasteiger partial charge in [0.05, 0.1) is 12.4 Å². The van der Waals surface area contributed by atoms with E-state index in [0.717, 1.165) is 5.56 Å². The van der Waals surface area contributed by atoms with Crippen LogP contribution in [0.5, 0.6) is 0 Å². The quantitative estimate of drug-likeness (QED) is 0.196. The smallest absolute Gasteiger partial charge is 0.326 e. The van der Waals surface area contributed by atoms with Crippen molar-refractivity contribution in [3.63, 3.8) is 0 Å². The maximum atomic E-state index is 13.4. The Labute approximate surface area is 218 Å². The van der Waals surface area contributed by atoms with Crippen LogP contribution in [0.3, 0.4) is 0 Å². The molecule has 0 aliphatic carbocycles. The number of nitrogens with one attached hydrogen (secondary N) is 3. The summed E-state index contributed by atoms with van der Waals surface area (Å²) in [6.07, 6.45) is 3.22. The zero-order valence-electron chi connectivity index (χ0n) is 20.7. The van der Waals surface area contributed by atoms with E-state index in [9.17, 15) is 29.1 Å². The molecule has 2 aromatic rings. The molecule has 0 bridgehead atoms. The number of likely N-dealkylation sites (tertiary alicyclic amines) is 1. The molecule has 38 heavy (non-hydrogen) atoms. The summed E-state index contributed by atoms with van der Waals surface area (Å²) in [6.45, 7) is 0.199. The fraction of sp³-hybridized carbons (Fsp3) is 0.440. The van der Waals surface area contributed by atoms with Crippen molar-refractivity contribution in [1.82, 2.24) is 25.5 Å². The average molecular weight is 529 g/mol. The second-order valence-electron chi connectivity index (χ2n) is 9.16. The minimum atomic E-state index is -1.25. The molecule has 4 unspecified atom stereocenters. The summed E-state index contributed by atoms with van der Waals surface area (Å²) in [4.78, 5) is 70.1. The molecule has 0 saturated carbocycles. The molecule has 7 N–H and O–H groups in total. The van der Waals surface area contributed by atoms with Gasteiger partial charge in [-0.15, -0.1) is 0 Å². The van der Waals surface area contributed by atoms with Gasteiger partial charge in [0.15, 0.2) is 0 Å². The predicted molar refractivity (Wildman–Crippen MR) is 134 cm³/mol. The van der Waals surface area contributed by atoms with Gasteiger partial charge in [-0.1, -0.05) is 30.3 Å². The van der Waals surface area contributed by atoms with Crippen molar-refractivity contribution in [2.45, 2.75) is 62.7 Å². The van der Waals surface area contributed by atoms with Crippen LogP contribution in [0.1, 0.15) is 36.9 Å². The van der Waals surface area contributed by atoms with Crippen molar-refractivity contribution >= 4 is 29.7 Å². The number of aromatic nitrogens is 2. The first kappa shape index (κ1) is 28.3. The van der Waals surface area contributed by atoms with Crippen molar-refractivity contribution in [3.05, 3.63) is 54.1 Å². The Kier molecular flexibility index (Phi) is 9.93. The summed E-state index contributed by atoms with van der Waals surface area (Å²) in [6, 6.07) is 4.65. The Hall–Kier alpha value is -4.26. The molecular weight excluding hydrogens is 496 g/mol. The summed E-state index contributed by atoms with van der Waals surface area (Å²) in [5, 5.41) is 23.8. The van der Waals surface area contributed by atoms with Gasteiger partial charge in [0.2, 0.25) is 17.7 Å². The molecule has 3 rings (SSSR count). The topological polar surface area (TPSA) is 208 Å². The van der Waals surface area contributed by atoms with Crippen LogP contribution in [0.25, 0.3) is 0 Å². The molecule has 2 heterocycles. The van der Waals surface area contributed by atoms with Crippen LogP contribution < -0.4 is 16.4 Å². The number of carbonyl (C=O) groups is 5. The van der Waals surface area contributed by atoms with E-state index < -0.39 is 53.8 Å². The van der Waals surface area contributed by atoms with E-state index in [1.807, 2.05) is 30.3 Å². The average Bonchev–Trinajstić information content (AvgIpc) is 3.58. The fourth-order valence-electron chi connectivity index (χ4n) is 4.35. The highest BCUT2D eigenvalue weighted by Gasteiger charge is 2.39. The summed E-state index contributed by atoms with van der Waals surface area (Å²) in [5.74, 6) is -4.29. The SMILES string of the molecule is NC(Cc1ccccc1)C(=O)NC(CCC(=O)O)C(=O)N1CCCC1C(=O)NC(Cc1cnc[nH]1)C(=O)O. The number of carboxylic acids is 2. The highest BCUT2D eigenvalue weighted by atomic mass is 16.4. The first-order valence-electron chi connectivity index (χ1n) is 12.3. The summed E-state index contributed by atoms with van der Waals surface area (Å²) >= 11 is 0. The van der Waals surface area contributed by atoms with E-state index in [4.69, 9.17) is 10.8 Å². The number of hydrogen-bond acceptors (Lipinski definition) is 7. The Morgan fingerprint density at radius 3 is 2.45 bits per heavy atom. The molecule has 0 spiro atoms. The molecule has 4 atom stereocenters. The lowest BCUT2D eigenvalue weighted by molar-refractivity contribution is -0.145. The lowest BCUT2D eigenvalue weighted by atomic mass is 10.0. The van der Waals surface area contributed by atoms with Crippen LogP contribution in [0.15, 0.2) is 42.9 Å². The van der Waals surface area contributed by atoms with Crippen LogP contribution >= 0.6 is 0 Å². The molecule has 3 amide bonds. The van der Waals surface area contributed by atoms with Crippen LogP contribution in [0.2, 0.25) is 0 Å². The Morgan fingerprint density at radius 1 is 1.08 bits per heavy atom. The van der Waals surface area contributed by atoms with Gasteiger partial charge in [-0.3, -0.25) is 19.2 Å². The second-order valence-corrected chi connectivity index (χ2v) is 9.16. The predicted octanol–water partition coefficient (Wildman–Crippen LogP) is -0.568. The number of carbonyl (C=O) groups excluding carboxylic acids is 3. The number of imidazole rings is 1. The number of benzene rings is 1. The number of rotatable bonds is 13. The maximum Gasteiger partial charge on any atom is 0.326 e. The van der Waals surface area contributed by atoms with E-state index in [1.54, 1.807) is 0 Å². The normalized spacial score (nSPS) is 17.3. The van der Waals surface area contributed by atoms with Crippen molar-refractivity contribution in [2.24, 2.45) is 5.73 Å². The van der Waals surface area contributed by atoms with Crippen molar-refractivity contribution < 1.29 is 34.2 Å². The zero-order valence-corrected chi connectivity index (χ0v) is 20.7. The monoisotopic (exact) mass is 528 g/mol. The molecule has 1 fully saturated rings. The lowest BCUT2D eigenvalue weighted by Crippen LogP contribution is -2.57. The second kappa shape index (κ2) is 13.3. The number of aliphatic carboxylic acids is 2. The molecule has 1 aromatic carbocycles. The number of hydrogen-bond donors (Lipinski definition) is 6. The molecule has 1 saturated heterocycles. The van der Waals surface area contributed by atoms with Gasteiger partial charge in [0.25, 0.3) is 0 Å². The Bertz CT molecular complexity index is 1120. The first-order chi connectivity index (χ1) is 18.2. The van der Waals surface area contributed by atoms with Crippen molar-refractivity contribution in [2.75, 3.05) is 6.54 Å². The van der Waals surface area contributed by atoms with E-state index in [0.29, 0.717) is 18.5 Å². The molecule has 1 aliphatic rings. The molecule has 13 heteroatoms. The molecule has 13 nitrogen and oxygen atoms in total. The van der Waals surface area contributed by atoms with Gasteiger partial charge in [0.1, 0.15) is 18.1 Å². The van der Waals surface area contributed by atoms with Crippen molar-refractivity contribution in [3.8, 4) is 0 Å². The molecule has 204 valence electrons. The highest BCUT2D eigenvalue weighted by Crippen LogP contribution is 2.20. The highest BCUT2D eigenvalue weighted by molar-refractivity contribution is 5.94. The minimum Gasteiger partial charge on any atom is -0.481 e. The molecule has 1 aromatic heterocycles. The van der Waals surface area contributed by atoms with E-state index in [-0.39, 0.29) is 32.2 Å². The molecule has 0 radical (unpaired) electrons. The fourth-order valence-corrected chi connectivity index (χ4v) is 4.35. The van der Waals surface area contributed by atoms with Gasteiger partial charge in [-0.05, 0) is 31.2 Å². The number of amides is 3. The third kappa shape index (κ3) is 7.87. The maximum absolute atomic E-state index is 13.4. The summed E-state index contributed by atoms with van der Waals surface area (Å²) in [7, 11) is 0. The third-order valence-electron chi connectivity index (χ3n) is 6.33. The third-order valence-corrected chi connectivity index (χ3v) is 6.33. The van der Waals surface area contributed by atoms with E-state index in [2.05, 4.69) is 20.6 Å². The Morgan fingerprint density at radius 2 is 1.82 bits per heavy atom. The van der Waals surface area contributed by atoms with Gasteiger partial charge < -0.3 is 36.5 Å². The molecule has 1 aliphatic heterocycles. The summed E-state index contributed by atoms with van der Waals surface area (Å²) in [5.41, 5.74) is 7.38. The summed E-state index contributed by atoms with van der Waals surface area (Å²) < 4.78 is 0. The van der Waals surface area contributed by atoms with Crippen LogP contribution in [-0.4, -0.2) is 85.5 Å². The van der Waals surface area contributed by atoms with Crippen LogP contribution in [0, 0.1) is 0 Å². The van der Waals surface area contributed by atoms with Gasteiger partial charge in [0, 0.05) is 31.3 Å². The van der Waals surface area contributed by atoms with Gasteiger partial charge in [-0.25, -0.2) is 9.78 Å². The van der Waals surface area contributed by atoms with E-state index in [1.165, 1.54) is 17.4 Å². The number of nitrogens with zero attached hydrogens (tertiary/aromatic N) is 2. The largest absolute Gasteiger partial charge is 0.481 e. The number of aromatic amines is 1. The number of H-pyrrole nitrogens is 1. The van der Waals surface area contributed by atoms with Crippen LogP contribution in [0.4, 0.5) is 0 Å². The van der Waals surface area contributed by atoms with Gasteiger partial charge >= 0.3 is 11.9 Å². The standard InChI is InChI=1S/C25H32N6O7/c26-17(11-15-5-2-1-3-6-15)22(34)29-18(8-9-21(32)33)24(36)31-10-4-7-20(31)23(35)30-19(25(37)38)12-16-13-27-14-28-16/h1-3,5-6,13-14,17-20H,4,7-12,26H2,(H,27,28)(H,29,34)(H,30,35)(H,32,33)(H,37,38). The van der Waals surface area contributed by atoms with Crippen molar-refractivity contribution in [1.29, 1.82) is 0 Å². The number of nitrogens with two attached hydrogens (primary N) is 1. The number of carboxylic acid groups (broad SMARTS) is 2. The zero-order chi connectivity index (χ0) is 27.7. The van der Waals surface area contributed by atoms with Gasteiger partial charge in [-0.2, -0.15) is 0 Å². The first-order valence-corrected chi connectivity index (χ1v) is 12.3. The Balaban J connectivity index is 1.68.